The molecule has 0 bridgehead atoms. The molecule has 2 aromatic rings. The molecule has 0 aliphatic rings. The molecule has 0 fully saturated rings. The number of hydrogen-bond donors (Lipinski definition) is 1. The lowest BCUT2D eigenvalue weighted by atomic mass is 10.2. The number of hydrogen-bond acceptors (Lipinski definition) is 5. The predicted octanol–water partition coefficient (Wildman–Crippen LogP) is 1.74. The van der Waals surface area contributed by atoms with Gasteiger partial charge in [-0.05, 0) is 31.3 Å². The Kier molecular flexibility index (Phi) is 3.52. The Hall–Kier alpha value is -2.02. The molecule has 0 saturated carbocycles. The van der Waals surface area contributed by atoms with Crippen molar-refractivity contribution in [2.75, 3.05) is 7.11 Å². The highest BCUT2D eigenvalue weighted by atomic mass is 32.1. The lowest BCUT2D eigenvalue weighted by Gasteiger charge is -2.12. The summed E-state index contributed by atoms with van der Waals surface area (Å²) in [4.78, 5) is 15.5. The average Bonchev–Trinajstić information content (AvgIpc) is 2.80. The molecule has 94 valence electrons. The van der Waals surface area contributed by atoms with Gasteiger partial charge in [-0.25, -0.2) is 4.79 Å². The highest BCUT2D eigenvalue weighted by molar-refractivity contribution is 7.71. The number of carbonyl (C=O) groups excluding carboxylic acids is 1. The number of nitrogens with zero attached hydrogens (tertiary/aromatic N) is 3. The van der Waals surface area contributed by atoms with Crippen LogP contribution >= 0.6 is 12.2 Å². The quantitative estimate of drug-likeness (QED) is 0.675. The summed E-state index contributed by atoms with van der Waals surface area (Å²) in [5.41, 5.74) is 0.827. The summed E-state index contributed by atoms with van der Waals surface area (Å²) in [6.45, 7) is 1.71. The standard InChI is InChI=1S/C11H12N4O2S/c1-7(10(16)17-2)15-9(13-14-11(15)18)8-3-5-12-6-4-8/h3-7H,1-2H3,(H,14,18). The summed E-state index contributed by atoms with van der Waals surface area (Å²) in [6, 6.07) is 3.06. The Balaban J connectivity index is 2.52. The topological polar surface area (TPSA) is 72.8 Å². The van der Waals surface area contributed by atoms with Crippen LogP contribution in [0.2, 0.25) is 0 Å². The normalized spacial score (nSPS) is 12.1. The van der Waals surface area contributed by atoms with Crippen LogP contribution < -0.4 is 0 Å². The number of carbonyl (C=O) groups is 1. The molecule has 0 aliphatic heterocycles. The van der Waals surface area contributed by atoms with E-state index < -0.39 is 6.04 Å². The minimum atomic E-state index is -0.538. The maximum absolute atomic E-state index is 11.6. The van der Waals surface area contributed by atoms with E-state index in [0.29, 0.717) is 10.6 Å². The van der Waals surface area contributed by atoms with Gasteiger partial charge in [0.05, 0.1) is 7.11 Å². The smallest absolute Gasteiger partial charge is 0.328 e. The first-order valence-corrected chi connectivity index (χ1v) is 5.71. The number of esters is 1. The fraction of sp³-hybridized carbons (Fsp3) is 0.273. The first-order chi connectivity index (χ1) is 8.65. The van der Waals surface area contributed by atoms with Crippen molar-refractivity contribution in [3.8, 4) is 11.4 Å². The van der Waals surface area contributed by atoms with Crippen molar-refractivity contribution in [2.45, 2.75) is 13.0 Å². The van der Waals surface area contributed by atoms with Gasteiger partial charge in [-0.1, -0.05) is 0 Å². The molecule has 0 saturated heterocycles. The van der Waals surface area contributed by atoms with Gasteiger partial charge < -0.3 is 4.74 Å². The van der Waals surface area contributed by atoms with Gasteiger partial charge in [-0.3, -0.25) is 14.6 Å². The summed E-state index contributed by atoms with van der Waals surface area (Å²) >= 11 is 5.14. The minimum absolute atomic E-state index is 0.372. The number of methoxy groups -OCH3 is 1. The van der Waals surface area contributed by atoms with Crippen molar-refractivity contribution < 1.29 is 9.53 Å². The first-order valence-electron chi connectivity index (χ1n) is 5.30. The van der Waals surface area contributed by atoms with Gasteiger partial charge >= 0.3 is 5.97 Å². The van der Waals surface area contributed by atoms with E-state index in [9.17, 15) is 4.79 Å². The molecule has 2 heterocycles. The zero-order valence-corrected chi connectivity index (χ0v) is 10.8. The van der Waals surface area contributed by atoms with Gasteiger partial charge in [0, 0.05) is 18.0 Å². The molecule has 0 spiro atoms. The molecule has 2 rings (SSSR count). The van der Waals surface area contributed by atoms with Crippen LogP contribution in [0.15, 0.2) is 24.5 Å². The van der Waals surface area contributed by atoms with Crippen LogP contribution in [0.1, 0.15) is 13.0 Å². The molecular weight excluding hydrogens is 252 g/mol. The molecule has 7 heteroatoms. The van der Waals surface area contributed by atoms with E-state index in [1.807, 2.05) is 0 Å². The molecule has 6 nitrogen and oxygen atoms in total. The Labute approximate surface area is 109 Å². The molecule has 0 amide bonds. The van der Waals surface area contributed by atoms with Crippen molar-refractivity contribution in [2.24, 2.45) is 0 Å². The van der Waals surface area contributed by atoms with Gasteiger partial charge in [0.2, 0.25) is 0 Å². The number of H-pyrrole nitrogens is 1. The Morgan fingerprint density at radius 1 is 1.50 bits per heavy atom. The second kappa shape index (κ2) is 5.09. The molecule has 0 aliphatic carbocycles. The second-order valence-electron chi connectivity index (χ2n) is 3.66. The minimum Gasteiger partial charge on any atom is -0.467 e. The Morgan fingerprint density at radius 2 is 2.17 bits per heavy atom. The van der Waals surface area contributed by atoms with Crippen molar-refractivity contribution in [3.05, 3.63) is 29.3 Å². The maximum Gasteiger partial charge on any atom is 0.328 e. The van der Waals surface area contributed by atoms with Crippen molar-refractivity contribution in [1.29, 1.82) is 0 Å². The first kappa shape index (κ1) is 12.4. The highest BCUT2D eigenvalue weighted by Crippen LogP contribution is 2.20. The molecule has 1 unspecified atom stereocenters. The van der Waals surface area contributed by atoms with E-state index in [4.69, 9.17) is 17.0 Å². The number of aromatic nitrogens is 4. The lowest BCUT2D eigenvalue weighted by Crippen LogP contribution is -2.18. The third-order valence-corrected chi connectivity index (χ3v) is 2.86. The number of nitrogens with one attached hydrogen (secondary N) is 1. The zero-order chi connectivity index (χ0) is 13.1. The van der Waals surface area contributed by atoms with Gasteiger partial charge in [-0.2, -0.15) is 5.10 Å². The van der Waals surface area contributed by atoms with E-state index in [2.05, 4.69) is 15.2 Å². The fourth-order valence-electron chi connectivity index (χ4n) is 1.64. The van der Waals surface area contributed by atoms with Crippen LogP contribution in [0.4, 0.5) is 0 Å². The van der Waals surface area contributed by atoms with Crippen molar-refractivity contribution in [3.63, 3.8) is 0 Å². The summed E-state index contributed by atoms with van der Waals surface area (Å²) in [6.07, 6.45) is 3.31. The van der Waals surface area contributed by atoms with Crippen LogP contribution in [0.3, 0.4) is 0 Å². The lowest BCUT2D eigenvalue weighted by molar-refractivity contribution is -0.144. The monoisotopic (exact) mass is 264 g/mol. The summed E-state index contributed by atoms with van der Waals surface area (Å²) in [7, 11) is 1.34. The second-order valence-corrected chi connectivity index (χ2v) is 4.04. The molecular formula is C11H12N4O2S. The van der Waals surface area contributed by atoms with E-state index in [-0.39, 0.29) is 5.97 Å². The molecule has 2 aromatic heterocycles. The van der Waals surface area contributed by atoms with Gasteiger partial charge in [0.1, 0.15) is 6.04 Å². The van der Waals surface area contributed by atoms with Crippen molar-refractivity contribution in [1.82, 2.24) is 19.7 Å². The predicted molar refractivity (Wildman–Crippen MR) is 67.4 cm³/mol. The van der Waals surface area contributed by atoms with Crippen molar-refractivity contribution >= 4 is 18.2 Å². The van der Waals surface area contributed by atoms with Crippen LogP contribution in [0.5, 0.6) is 0 Å². The van der Waals surface area contributed by atoms with E-state index >= 15 is 0 Å². The summed E-state index contributed by atoms with van der Waals surface area (Å²) < 4.78 is 6.72. The van der Waals surface area contributed by atoms with Crippen LogP contribution in [-0.4, -0.2) is 32.8 Å². The molecule has 1 atom stereocenters. The Morgan fingerprint density at radius 3 is 2.78 bits per heavy atom. The van der Waals surface area contributed by atoms with Crippen LogP contribution in [-0.2, 0) is 9.53 Å². The Bertz CT molecular complexity index is 605. The van der Waals surface area contributed by atoms with Gasteiger partial charge in [0.15, 0.2) is 10.6 Å². The van der Waals surface area contributed by atoms with Gasteiger partial charge in [0.25, 0.3) is 0 Å². The maximum atomic E-state index is 11.6. The SMILES string of the molecule is COC(=O)C(C)n1c(-c2ccncc2)n[nH]c1=S. The highest BCUT2D eigenvalue weighted by Gasteiger charge is 2.21. The fourth-order valence-corrected chi connectivity index (χ4v) is 1.93. The molecule has 0 aromatic carbocycles. The van der Waals surface area contributed by atoms with Gasteiger partial charge in [-0.15, -0.1) is 0 Å². The van der Waals surface area contributed by atoms with Crippen LogP contribution in [0, 0.1) is 4.77 Å². The number of pyridine rings is 1. The zero-order valence-electron chi connectivity index (χ0n) is 9.95. The van der Waals surface area contributed by atoms with E-state index in [1.54, 1.807) is 36.0 Å². The molecule has 1 N–H and O–H groups in total. The third-order valence-electron chi connectivity index (χ3n) is 2.57. The number of rotatable bonds is 3. The molecule has 0 radical (unpaired) electrons. The largest absolute Gasteiger partial charge is 0.467 e. The summed E-state index contributed by atoms with van der Waals surface area (Å²) in [5.74, 6) is 0.211. The molecule has 18 heavy (non-hydrogen) atoms. The van der Waals surface area contributed by atoms with E-state index in [0.717, 1.165) is 5.56 Å². The third kappa shape index (κ3) is 2.17. The van der Waals surface area contributed by atoms with E-state index in [1.165, 1.54) is 7.11 Å². The average molecular weight is 264 g/mol. The number of aromatic amines is 1. The summed E-state index contributed by atoms with van der Waals surface area (Å²) in [5, 5.41) is 6.82. The number of ether oxygens (including phenoxy) is 1. The van der Waals surface area contributed by atoms with Crippen LogP contribution in [0.25, 0.3) is 11.4 Å².